The fourth-order valence-electron chi connectivity index (χ4n) is 2.81. The van der Waals surface area contributed by atoms with Gasteiger partial charge in [0.15, 0.2) is 0 Å². The first-order chi connectivity index (χ1) is 11.6. The number of β-amino-alcohol motifs (C(OH)–C–C–N with tert-alkyl or cyclic N) is 1. The summed E-state index contributed by atoms with van der Waals surface area (Å²) in [6.45, 7) is 0.742. The van der Waals surface area contributed by atoms with E-state index in [2.05, 4.69) is 5.32 Å². The lowest BCUT2D eigenvalue weighted by Crippen LogP contribution is -2.29. The van der Waals surface area contributed by atoms with Gasteiger partial charge >= 0.3 is 0 Å². The molecule has 24 heavy (non-hydrogen) atoms. The highest BCUT2D eigenvalue weighted by Crippen LogP contribution is 2.31. The lowest BCUT2D eigenvalue weighted by molar-refractivity contribution is -0.116. The molecule has 2 N–H and O–H groups in total. The van der Waals surface area contributed by atoms with Gasteiger partial charge in [0.1, 0.15) is 11.6 Å². The van der Waals surface area contributed by atoms with E-state index in [-0.39, 0.29) is 12.3 Å². The highest BCUT2D eigenvalue weighted by molar-refractivity contribution is 5.96. The molecule has 1 atom stereocenters. The minimum absolute atomic E-state index is 0.166. The van der Waals surface area contributed by atoms with Crippen molar-refractivity contribution in [1.29, 1.82) is 0 Å². The van der Waals surface area contributed by atoms with Crippen LogP contribution in [-0.2, 0) is 4.79 Å². The molecule has 1 amide bonds. The van der Waals surface area contributed by atoms with E-state index >= 15 is 0 Å². The summed E-state index contributed by atoms with van der Waals surface area (Å²) in [5.74, 6) is 0.0891. The number of benzene rings is 2. The molecule has 3 rings (SSSR count). The van der Waals surface area contributed by atoms with Gasteiger partial charge in [0.2, 0.25) is 5.91 Å². The van der Waals surface area contributed by atoms with Crippen molar-refractivity contribution < 1.29 is 19.0 Å². The third-order valence-corrected chi connectivity index (χ3v) is 4.05. The minimum atomic E-state index is -0.758. The number of hydrogen-bond acceptors (Lipinski definition) is 4. The molecule has 0 fully saturated rings. The number of hydrogen-bond donors (Lipinski definition) is 2. The van der Waals surface area contributed by atoms with Gasteiger partial charge in [-0.05, 0) is 35.9 Å². The molecular formula is C18H19FN2O3. The Hall–Kier alpha value is -2.60. The van der Waals surface area contributed by atoms with Crippen LogP contribution in [0, 0.1) is 5.82 Å². The van der Waals surface area contributed by atoms with Crippen LogP contribution in [0.1, 0.15) is 18.1 Å². The highest BCUT2D eigenvalue weighted by Gasteiger charge is 2.22. The molecule has 1 unspecified atom stereocenters. The molecule has 0 radical (unpaired) electrons. The van der Waals surface area contributed by atoms with Crippen LogP contribution >= 0.6 is 0 Å². The number of aliphatic hydroxyl groups excluding tert-OH is 1. The molecule has 2 aromatic carbocycles. The molecule has 5 nitrogen and oxygen atoms in total. The number of amides is 1. The van der Waals surface area contributed by atoms with Crippen LogP contribution in [0.2, 0.25) is 0 Å². The van der Waals surface area contributed by atoms with Gasteiger partial charge in [0, 0.05) is 19.5 Å². The maximum atomic E-state index is 13.5. The second kappa shape index (κ2) is 6.88. The number of carbonyl (C=O) groups excluding carboxylic acids is 1. The van der Waals surface area contributed by atoms with E-state index in [0.717, 1.165) is 5.56 Å². The number of aliphatic hydroxyl groups is 1. The average molecular weight is 330 g/mol. The Kier molecular flexibility index (Phi) is 4.66. The number of rotatable bonds is 4. The molecule has 0 bridgehead atoms. The van der Waals surface area contributed by atoms with Crippen LogP contribution in [0.15, 0.2) is 42.5 Å². The van der Waals surface area contributed by atoms with Crippen molar-refractivity contribution >= 4 is 17.3 Å². The van der Waals surface area contributed by atoms with Crippen LogP contribution < -0.4 is 15.0 Å². The van der Waals surface area contributed by atoms with Gasteiger partial charge in [-0.2, -0.15) is 0 Å². The molecule has 1 heterocycles. The zero-order valence-electron chi connectivity index (χ0n) is 13.3. The molecule has 0 aromatic heterocycles. The highest BCUT2D eigenvalue weighted by atomic mass is 19.1. The first-order valence-corrected chi connectivity index (χ1v) is 7.73. The lowest BCUT2D eigenvalue weighted by Gasteiger charge is -2.27. The van der Waals surface area contributed by atoms with Crippen LogP contribution in [0.5, 0.6) is 5.75 Å². The fourth-order valence-corrected chi connectivity index (χ4v) is 2.81. The van der Waals surface area contributed by atoms with Gasteiger partial charge in [0.25, 0.3) is 0 Å². The summed E-state index contributed by atoms with van der Waals surface area (Å²) in [6, 6.07) is 11.5. The van der Waals surface area contributed by atoms with E-state index in [1.165, 1.54) is 12.1 Å². The zero-order valence-corrected chi connectivity index (χ0v) is 13.3. The Balaban J connectivity index is 1.85. The van der Waals surface area contributed by atoms with Crippen molar-refractivity contribution in [1.82, 2.24) is 0 Å². The van der Waals surface area contributed by atoms with Crippen molar-refractivity contribution in [3.8, 4) is 5.75 Å². The SMILES string of the molecule is COc1cccc(C(O)CN2CCC(=O)Nc3cc(F)ccc32)c1. The first kappa shape index (κ1) is 16.3. The van der Waals surface area contributed by atoms with Gasteiger partial charge < -0.3 is 20.1 Å². The van der Waals surface area contributed by atoms with Crippen molar-refractivity contribution in [2.24, 2.45) is 0 Å². The van der Waals surface area contributed by atoms with Crippen molar-refractivity contribution in [2.45, 2.75) is 12.5 Å². The van der Waals surface area contributed by atoms with Gasteiger partial charge in [0.05, 0.1) is 24.6 Å². The summed E-state index contributed by atoms with van der Waals surface area (Å²) in [6.07, 6.45) is -0.479. The van der Waals surface area contributed by atoms with Crippen LogP contribution in [0.4, 0.5) is 15.8 Å². The van der Waals surface area contributed by atoms with E-state index in [4.69, 9.17) is 4.74 Å². The van der Waals surface area contributed by atoms with E-state index in [1.807, 2.05) is 23.1 Å². The minimum Gasteiger partial charge on any atom is -0.497 e. The molecule has 2 aromatic rings. The number of ether oxygens (including phenoxy) is 1. The Morgan fingerprint density at radius 3 is 2.96 bits per heavy atom. The van der Waals surface area contributed by atoms with E-state index in [1.54, 1.807) is 19.2 Å². The average Bonchev–Trinajstić information content (AvgIpc) is 2.73. The first-order valence-electron chi connectivity index (χ1n) is 7.73. The molecule has 1 aliphatic rings. The van der Waals surface area contributed by atoms with Gasteiger partial charge in [-0.15, -0.1) is 0 Å². The number of carbonyl (C=O) groups is 1. The predicted molar refractivity (Wildman–Crippen MR) is 89.8 cm³/mol. The van der Waals surface area contributed by atoms with Crippen molar-refractivity contribution in [2.75, 3.05) is 30.4 Å². The topological polar surface area (TPSA) is 61.8 Å². The second-order valence-corrected chi connectivity index (χ2v) is 5.70. The summed E-state index contributed by atoms with van der Waals surface area (Å²) in [4.78, 5) is 13.7. The molecule has 126 valence electrons. The largest absolute Gasteiger partial charge is 0.497 e. The second-order valence-electron chi connectivity index (χ2n) is 5.70. The van der Waals surface area contributed by atoms with Crippen LogP contribution in [0.25, 0.3) is 0 Å². The molecule has 6 heteroatoms. The number of fused-ring (bicyclic) bond motifs is 1. The Morgan fingerprint density at radius 2 is 2.17 bits per heavy atom. The Bertz CT molecular complexity index is 751. The summed E-state index contributed by atoms with van der Waals surface area (Å²) in [5, 5.41) is 13.3. The molecule has 0 spiro atoms. The van der Waals surface area contributed by atoms with E-state index < -0.39 is 11.9 Å². The maximum absolute atomic E-state index is 13.5. The summed E-state index contributed by atoms with van der Waals surface area (Å²) >= 11 is 0. The van der Waals surface area contributed by atoms with Gasteiger partial charge in [-0.3, -0.25) is 4.79 Å². The monoisotopic (exact) mass is 330 g/mol. The van der Waals surface area contributed by atoms with E-state index in [0.29, 0.717) is 30.2 Å². The van der Waals surface area contributed by atoms with Crippen molar-refractivity contribution in [3.63, 3.8) is 0 Å². The number of nitrogens with one attached hydrogen (secondary N) is 1. The van der Waals surface area contributed by atoms with Crippen molar-refractivity contribution in [3.05, 3.63) is 53.8 Å². The fraction of sp³-hybridized carbons (Fsp3) is 0.278. The number of nitrogens with zero attached hydrogens (tertiary/aromatic N) is 1. The molecule has 0 aliphatic carbocycles. The number of methoxy groups -OCH3 is 1. The maximum Gasteiger partial charge on any atom is 0.226 e. The van der Waals surface area contributed by atoms with Crippen LogP contribution in [-0.4, -0.2) is 31.2 Å². The molecular weight excluding hydrogens is 311 g/mol. The molecule has 0 saturated heterocycles. The molecule has 1 aliphatic heterocycles. The standard InChI is InChI=1S/C18H19FN2O3/c1-24-14-4-2-3-12(9-14)17(22)11-21-8-7-18(23)20-15-10-13(19)5-6-16(15)21/h2-6,9-10,17,22H,7-8,11H2,1H3,(H,20,23). The van der Waals surface area contributed by atoms with Gasteiger partial charge in [-0.25, -0.2) is 4.39 Å². The predicted octanol–water partition coefficient (Wildman–Crippen LogP) is 2.72. The quantitative estimate of drug-likeness (QED) is 0.905. The Labute approximate surface area is 139 Å². The zero-order chi connectivity index (χ0) is 17.1. The third kappa shape index (κ3) is 3.49. The summed E-state index contributed by atoms with van der Waals surface area (Å²) < 4.78 is 18.6. The summed E-state index contributed by atoms with van der Waals surface area (Å²) in [5.41, 5.74) is 1.85. The van der Waals surface area contributed by atoms with Crippen LogP contribution in [0.3, 0.4) is 0 Å². The number of halogens is 1. The normalized spacial score (nSPS) is 15.3. The molecule has 0 saturated carbocycles. The third-order valence-electron chi connectivity index (χ3n) is 4.05. The smallest absolute Gasteiger partial charge is 0.226 e. The Morgan fingerprint density at radius 1 is 1.33 bits per heavy atom. The lowest BCUT2D eigenvalue weighted by atomic mass is 10.1. The van der Waals surface area contributed by atoms with Gasteiger partial charge in [-0.1, -0.05) is 12.1 Å². The van der Waals surface area contributed by atoms with E-state index in [9.17, 15) is 14.3 Å². The number of anilines is 2. The summed E-state index contributed by atoms with van der Waals surface area (Å²) in [7, 11) is 1.57.